The molecule has 5 rings (SSSR count). The van der Waals surface area contributed by atoms with Crippen molar-refractivity contribution in [1.82, 2.24) is 10.5 Å². The number of nitrogens with zero attached hydrogens (tertiary/aromatic N) is 1. The number of rotatable bonds is 6. The molecule has 2 aromatic carbocycles. The number of benzene rings is 2. The predicted octanol–water partition coefficient (Wildman–Crippen LogP) is 5.05. The second kappa shape index (κ2) is 8.31. The van der Waals surface area contributed by atoms with Gasteiger partial charge in [0.15, 0.2) is 5.76 Å². The van der Waals surface area contributed by atoms with Gasteiger partial charge < -0.3 is 14.6 Å². The molecule has 2 saturated carbocycles. The van der Waals surface area contributed by atoms with Crippen molar-refractivity contribution in [2.45, 2.75) is 49.7 Å². The van der Waals surface area contributed by atoms with Crippen LogP contribution in [0.5, 0.6) is 0 Å². The molecule has 1 amide bonds. The van der Waals surface area contributed by atoms with E-state index in [1.54, 1.807) is 7.11 Å². The molecule has 0 spiro atoms. The molecule has 31 heavy (non-hydrogen) atoms. The van der Waals surface area contributed by atoms with Crippen molar-refractivity contribution >= 4 is 5.91 Å². The summed E-state index contributed by atoms with van der Waals surface area (Å²) in [7, 11) is 1.74. The molecule has 1 aromatic heterocycles. The molecule has 0 saturated heterocycles. The van der Waals surface area contributed by atoms with Crippen molar-refractivity contribution in [1.29, 1.82) is 0 Å². The quantitative estimate of drug-likeness (QED) is 0.611. The van der Waals surface area contributed by atoms with E-state index in [1.807, 2.05) is 54.6 Å². The summed E-state index contributed by atoms with van der Waals surface area (Å²) >= 11 is 0. The molecule has 1 heterocycles. The van der Waals surface area contributed by atoms with Gasteiger partial charge in [-0.1, -0.05) is 72.2 Å². The maximum Gasteiger partial charge on any atom is 0.224 e. The second-order valence-electron chi connectivity index (χ2n) is 8.83. The first kappa shape index (κ1) is 20.0. The number of hydrogen-bond acceptors (Lipinski definition) is 4. The van der Waals surface area contributed by atoms with Gasteiger partial charge in [0, 0.05) is 43.4 Å². The van der Waals surface area contributed by atoms with E-state index in [1.165, 1.54) is 0 Å². The molecule has 3 aromatic rings. The van der Waals surface area contributed by atoms with E-state index < -0.39 is 0 Å². The average Bonchev–Trinajstić information content (AvgIpc) is 3.46. The lowest BCUT2D eigenvalue weighted by molar-refractivity contribution is -0.131. The van der Waals surface area contributed by atoms with Crippen LogP contribution in [0.4, 0.5) is 0 Å². The zero-order chi connectivity index (χ0) is 21.3. The Labute approximate surface area is 182 Å². The van der Waals surface area contributed by atoms with Crippen molar-refractivity contribution in [2.24, 2.45) is 5.92 Å². The predicted molar refractivity (Wildman–Crippen MR) is 118 cm³/mol. The minimum atomic E-state index is -0.342. The average molecular weight is 417 g/mol. The summed E-state index contributed by atoms with van der Waals surface area (Å²) in [4.78, 5) is 13.5. The maximum atomic E-state index is 13.5. The van der Waals surface area contributed by atoms with Gasteiger partial charge in [-0.2, -0.15) is 0 Å². The van der Waals surface area contributed by atoms with E-state index in [-0.39, 0.29) is 29.4 Å². The lowest BCUT2D eigenvalue weighted by Gasteiger charge is -2.48. The number of aromatic nitrogens is 1. The van der Waals surface area contributed by atoms with E-state index in [9.17, 15) is 4.79 Å². The van der Waals surface area contributed by atoms with E-state index in [0.29, 0.717) is 0 Å². The number of carbonyl (C=O) groups excluding carboxylic acids is 1. The molecule has 0 unspecified atom stereocenters. The summed E-state index contributed by atoms with van der Waals surface area (Å²) < 4.78 is 11.2. The topological polar surface area (TPSA) is 64.4 Å². The molecule has 0 radical (unpaired) electrons. The van der Waals surface area contributed by atoms with Gasteiger partial charge in [-0.3, -0.25) is 4.79 Å². The van der Waals surface area contributed by atoms with Crippen LogP contribution in [0, 0.1) is 5.92 Å². The molecule has 2 aliphatic carbocycles. The van der Waals surface area contributed by atoms with Gasteiger partial charge in [0.25, 0.3) is 0 Å². The van der Waals surface area contributed by atoms with Crippen LogP contribution in [0.3, 0.4) is 0 Å². The molecule has 5 heteroatoms. The fourth-order valence-electron chi connectivity index (χ4n) is 5.21. The van der Waals surface area contributed by atoms with Crippen LogP contribution in [0.1, 0.15) is 49.3 Å². The summed E-state index contributed by atoms with van der Waals surface area (Å²) in [5.41, 5.74) is 2.70. The van der Waals surface area contributed by atoms with Crippen LogP contribution in [0.15, 0.2) is 71.3 Å². The van der Waals surface area contributed by atoms with Crippen molar-refractivity contribution in [2.75, 3.05) is 7.11 Å². The first-order valence-electron chi connectivity index (χ1n) is 11.1. The molecular formula is C26H28N2O3. The first-order chi connectivity index (χ1) is 15.2. The van der Waals surface area contributed by atoms with Crippen molar-refractivity contribution < 1.29 is 14.1 Å². The van der Waals surface area contributed by atoms with Gasteiger partial charge in [0.05, 0.1) is 17.3 Å². The lowest BCUT2D eigenvalue weighted by Crippen LogP contribution is -2.58. The summed E-state index contributed by atoms with van der Waals surface area (Å²) in [5.74, 6) is 0.873. The summed E-state index contributed by atoms with van der Waals surface area (Å²) in [5, 5.41) is 7.76. The fourth-order valence-corrected chi connectivity index (χ4v) is 5.21. The molecular weight excluding hydrogens is 388 g/mol. The minimum absolute atomic E-state index is 0.0871. The Morgan fingerprint density at radius 3 is 2.48 bits per heavy atom. The SMILES string of the molecule is COC1CC(NC(=O)[C@@H]2CCC[C@H]2c2cc(-c3ccccc3)on2)(c2ccccc2)C1. The zero-order valence-electron chi connectivity index (χ0n) is 17.8. The molecule has 2 aliphatic rings. The summed E-state index contributed by atoms with van der Waals surface area (Å²) in [6.07, 6.45) is 4.65. The van der Waals surface area contributed by atoms with Crippen LogP contribution >= 0.6 is 0 Å². The Kier molecular flexibility index (Phi) is 5.36. The standard InChI is InChI=1S/C26H28N2O3/c1-30-20-16-26(17-20,19-11-6-3-7-12-19)27-25(29)22-14-8-13-21(22)23-15-24(31-28-23)18-9-4-2-5-10-18/h2-7,9-12,15,20-22H,8,13-14,16-17H2,1H3,(H,27,29)/t20?,21-,22-,26?/m1/s1. The summed E-state index contributed by atoms with van der Waals surface area (Å²) in [6, 6.07) is 22.2. The van der Waals surface area contributed by atoms with Crippen molar-refractivity contribution in [3.05, 3.63) is 78.0 Å². The molecule has 160 valence electrons. The highest BCUT2D eigenvalue weighted by Gasteiger charge is 2.48. The number of amides is 1. The van der Waals surface area contributed by atoms with Gasteiger partial charge >= 0.3 is 0 Å². The highest BCUT2D eigenvalue weighted by atomic mass is 16.5. The highest BCUT2D eigenvalue weighted by Crippen LogP contribution is 2.45. The largest absolute Gasteiger partial charge is 0.381 e. The Hall–Kier alpha value is -2.92. The Balaban J connectivity index is 1.35. The van der Waals surface area contributed by atoms with Crippen molar-refractivity contribution in [3.8, 4) is 11.3 Å². The molecule has 5 nitrogen and oxygen atoms in total. The van der Waals surface area contributed by atoms with E-state index in [4.69, 9.17) is 9.26 Å². The van der Waals surface area contributed by atoms with Crippen LogP contribution in [-0.2, 0) is 15.1 Å². The first-order valence-corrected chi connectivity index (χ1v) is 11.1. The van der Waals surface area contributed by atoms with Gasteiger partial charge in [-0.05, 0) is 18.4 Å². The molecule has 0 aliphatic heterocycles. The normalized spacial score (nSPS) is 27.6. The zero-order valence-corrected chi connectivity index (χ0v) is 17.8. The number of hydrogen-bond donors (Lipinski definition) is 1. The summed E-state index contributed by atoms with van der Waals surface area (Å²) in [6.45, 7) is 0. The van der Waals surface area contributed by atoms with Crippen LogP contribution in [0.2, 0.25) is 0 Å². The van der Waals surface area contributed by atoms with E-state index in [0.717, 1.165) is 54.7 Å². The third kappa shape index (κ3) is 3.79. The van der Waals surface area contributed by atoms with Gasteiger partial charge in [-0.25, -0.2) is 0 Å². The minimum Gasteiger partial charge on any atom is -0.381 e. The molecule has 1 N–H and O–H groups in total. The van der Waals surface area contributed by atoms with Gasteiger partial charge in [0.2, 0.25) is 5.91 Å². The number of carbonyl (C=O) groups is 1. The Morgan fingerprint density at radius 1 is 1.06 bits per heavy atom. The third-order valence-corrected chi connectivity index (χ3v) is 6.99. The molecule has 2 fully saturated rings. The van der Waals surface area contributed by atoms with Crippen LogP contribution in [-0.4, -0.2) is 24.3 Å². The van der Waals surface area contributed by atoms with Crippen molar-refractivity contribution in [3.63, 3.8) is 0 Å². The monoisotopic (exact) mass is 416 g/mol. The van der Waals surface area contributed by atoms with E-state index >= 15 is 0 Å². The lowest BCUT2D eigenvalue weighted by atomic mass is 9.69. The molecule has 0 bridgehead atoms. The Bertz CT molecular complexity index is 1030. The number of nitrogens with one attached hydrogen (secondary N) is 1. The van der Waals surface area contributed by atoms with Gasteiger partial charge in [-0.15, -0.1) is 0 Å². The smallest absolute Gasteiger partial charge is 0.224 e. The third-order valence-electron chi connectivity index (χ3n) is 6.99. The molecule has 2 atom stereocenters. The number of methoxy groups -OCH3 is 1. The highest BCUT2D eigenvalue weighted by molar-refractivity contribution is 5.81. The Morgan fingerprint density at radius 2 is 1.77 bits per heavy atom. The van der Waals surface area contributed by atoms with Crippen LogP contribution < -0.4 is 5.32 Å². The number of ether oxygens (including phenoxy) is 1. The maximum absolute atomic E-state index is 13.5. The fraction of sp³-hybridized carbons (Fsp3) is 0.385. The second-order valence-corrected chi connectivity index (χ2v) is 8.83. The van der Waals surface area contributed by atoms with Gasteiger partial charge in [0.1, 0.15) is 0 Å². The van der Waals surface area contributed by atoms with E-state index in [2.05, 4.69) is 22.6 Å². The van der Waals surface area contributed by atoms with Crippen LogP contribution in [0.25, 0.3) is 11.3 Å².